The number of rotatable bonds is 2. The summed E-state index contributed by atoms with van der Waals surface area (Å²) in [5, 5.41) is 0. The van der Waals surface area contributed by atoms with Crippen LogP contribution >= 0.6 is 15.9 Å². The lowest BCUT2D eigenvalue weighted by Gasteiger charge is -2.26. The molecule has 1 aromatic rings. The summed E-state index contributed by atoms with van der Waals surface area (Å²) in [6.45, 7) is 3.65. The Balaban J connectivity index is 1.95. The minimum Gasteiger partial charge on any atom is -0.299 e. The van der Waals surface area contributed by atoms with Gasteiger partial charge in [0.15, 0.2) is 0 Å². The van der Waals surface area contributed by atoms with Gasteiger partial charge in [0.05, 0.1) is 0 Å². The summed E-state index contributed by atoms with van der Waals surface area (Å²) in [6, 6.07) is 8.62. The molecule has 1 aliphatic heterocycles. The van der Waals surface area contributed by atoms with Crippen LogP contribution in [0.25, 0.3) is 0 Å². The average molecular weight is 254 g/mol. The normalized spacial score (nSPS) is 18.4. The van der Waals surface area contributed by atoms with Gasteiger partial charge < -0.3 is 0 Å². The Morgan fingerprint density at radius 2 is 1.93 bits per heavy atom. The van der Waals surface area contributed by atoms with Crippen LogP contribution in [-0.2, 0) is 6.54 Å². The molecule has 0 amide bonds. The second-order valence-electron chi connectivity index (χ2n) is 3.97. The molecule has 0 radical (unpaired) electrons. The quantitative estimate of drug-likeness (QED) is 0.781. The third kappa shape index (κ3) is 2.82. The van der Waals surface area contributed by atoms with Crippen LogP contribution in [0.4, 0.5) is 0 Å². The molecular formula is C12H16BrN. The minimum absolute atomic E-state index is 1.11. The van der Waals surface area contributed by atoms with Crippen LogP contribution in [0.3, 0.4) is 0 Å². The van der Waals surface area contributed by atoms with E-state index in [4.69, 9.17) is 0 Å². The molecule has 0 N–H and O–H groups in total. The number of hydrogen-bond acceptors (Lipinski definition) is 1. The van der Waals surface area contributed by atoms with Gasteiger partial charge in [-0.15, -0.1) is 0 Å². The van der Waals surface area contributed by atoms with E-state index in [1.54, 1.807) is 0 Å². The van der Waals surface area contributed by atoms with E-state index in [0.29, 0.717) is 0 Å². The first-order chi connectivity index (χ1) is 6.84. The Labute approximate surface area is 94.2 Å². The molecule has 76 valence electrons. The van der Waals surface area contributed by atoms with Gasteiger partial charge in [-0.05, 0) is 43.6 Å². The number of hydrogen-bond donors (Lipinski definition) is 0. The Morgan fingerprint density at radius 3 is 2.64 bits per heavy atom. The molecule has 0 bridgehead atoms. The van der Waals surface area contributed by atoms with Crippen LogP contribution in [0.2, 0.25) is 0 Å². The molecule has 1 aromatic carbocycles. The van der Waals surface area contributed by atoms with Crippen molar-refractivity contribution in [2.45, 2.75) is 25.8 Å². The summed E-state index contributed by atoms with van der Waals surface area (Å²) < 4.78 is 1.19. The molecule has 1 nitrogen and oxygen atoms in total. The maximum atomic E-state index is 3.51. The van der Waals surface area contributed by atoms with Gasteiger partial charge in [-0.3, -0.25) is 4.90 Å². The standard InChI is InChI=1S/C12H16BrN/c13-12-6-4-5-11(9-12)10-14-7-2-1-3-8-14/h4-6,9H,1-3,7-8,10H2. The van der Waals surface area contributed by atoms with Gasteiger partial charge in [-0.1, -0.05) is 34.5 Å². The molecule has 2 heteroatoms. The zero-order valence-electron chi connectivity index (χ0n) is 8.38. The largest absolute Gasteiger partial charge is 0.299 e. The minimum atomic E-state index is 1.11. The predicted octanol–water partition coefficient (Wildman–Crippen LogP) is 3.44. The summed E-state index contributed by atoms with van der Waals surface area (Å²) in [4.78, 5) is 2.55. The van der Waals surface area contributed by atoms with E-state index < -0.39 is 0 Å². The van der Waals surface area contributed by atoms with E-state index in [9.17, 15) is 0 Å². The summed E-state index contributed by atoms with van der Waals surface area (Å²) in [7, 11) is 0. The maximum absolute atomic E-state index is 3.51. The van der Waals surface area contributed by atoms with Crippen molar-refractivity contribution in [1.29, 1.82) is 0 Å². The number of likely N-dealkylation sites (tertiary alicyclic amines) is 1. The van der Waals surface area contributed by atoms with Crippen molar-refractivity contribution in [2.75, 3.05) is 13.1 Å². The Kier molecular flexibility index (Phi) is 3.60. The Hall–Kier alpha value is -0.340. The first kappa shape index (κ1) is 10.2. The number of benzene rings is 1. The van der Waals surface area contributed by atoms with E-state index in [1.165, 1.54) is 42.4 Å². The van der Waals surface area contributed by atoms with E-state index in [0.717, 1.165) is 6.54 Å². The lowest BCUT2D eigenvalue weighted by atomic mass is 10.1. The number of nitrogens with zero attached hydrogens (tertiary/aromatic N) is 1. The maximum Gasteiger partial charge on any atom is 0.0234 e. The molecule has 1 saturated heterocycles. The van der Waals surface area contributed by atoms with Crippen molar-refractivity contribution in [2.24, 2.45) is 0 Å². The topological polar surface area (TPSA) is 3.24 Å². The lowest BCUT2D eigenvalue weighted by Crippen LogP contribution is -2.29. The monoisotopic (exact) mass is 253 g/mol. The average Bonchev–Trinajstić information content (AvgIpc) is 2.19. The van der Waals surface area contributed by atoms with Crippen molar-refractivity contribution >= 4 is 15.9 Å². The summed E-state index contributed by atoms with van der Waals surface area (Å²) >= 11 is 3.51. The van der Waals surface area contributed by atoms with Crippen LogP contribution in [-0.4, -0.2) is 18.0 Å². The molecule has 1 fully saturated rings. The Bertz CT molecular complexity index is 292. The second-order valence-corrected chi connectivity index (χ2v) is 4.88. The van der Waals surface area contributed by atoms with Gasteiger partial charge in [0, 0.05) is 11.0 Å². The van der Waals surface area contributed by atoms with E-state index in [1.807, 2.05) is 0 Å². The van der Waals surface area contributed by atoms with E-state index in [2.05, 4.69) is 45.1 Å². The number of halogens is 1. The zero-order chi connectivity index (χ0) is 9.80. The molecule has 0 saturated carbocycles. The van der Waals surface area contributed by atoms with Crippen LogP contribution in [0.15, 0.2) is 28.7 Å². The van der Waals surface area contributed by atoms with Gasteiger partial charge in [0.25, 0.3) is 0 Å². The highest BCUT2D eigenvalue weighted by Gasteiger charge is 2.09. The molecule has 0 atom stereocenters. The third-order valence-corrected chi connectivity index (χ3v) is 3.24. The van der Waals surface area contributed by atoms with Gasteiger partial charge in [0.2, 0.25) is 0 Å². The highest BCUT2D eigenvalue weighted by atomic mass is 79.9. The second kappa shape index (κ2) is 4.94. The molecular weight excluding hydrogens is 238 g/mol. The van der Waals surface area contributed by atoms with Gasteiger partial charge >= 0.3 is 0 Å². The van der Waals surface area contributed by atoms with Gasteiger partial charge in [-0.2, -0.15) is 0 Å². The molecule has 1 heterocycles. The smallest absolute Gasteiger partial charge is 0.0234 e. The Morgan fingerprint density at radius 1 is 1.14 bits per heavy atom. The van der Waals surface area contributed by atoms with Crippen LogP contribution in [0.5, 0.6) is 0 Å². The van der Waals surface area contributed by atoms with E-state index >= 15 is 0 Å². The van der Waals surface area contributed by atoms with Crippen molar-refractivity contribution in [3.8, 4) is 0 Å². The molecule has 0 unspecified atom stereocenters. The highest BCUT2D eigenvalue weighted by molar-refractivity contribution is 9.10. The molecule has 2 rings (SSSR count). The van der Waals surface area contributed by atoms with Crippen LogP contribution in [0.1, 0.15) is 24.8 Å². The van der Waals surface area contributed by atoms with Crippen LogP contribution in [0, 0.1) is 0 Å². The fourth-order valence-corrected chi connectivity index (χ4v) is 2.46. The lowest BCUT2D eigenvalue weighted by molar-refractivity contribution is 0.221. The van der Waals surface area contributed by atoms with Gasteiger partial charge in [0.1, 0.15) is 0 Å². The van der Waals surface area contributed by atoms with Crippen molar-refractivity contribution in [3.05, 3.63) is 34.3 Å². The van der Waals surface area contributed by atoms with Crippen molar-refractivity contribution in [1.82, 2.24) is 4.90 Å². The van der Waals surface area contributed by atoms with Crippen molar-refractivity contribution < 1.29 is 0 Å². The first-order valence-corrected chi connectivity index (χ1v) is 6.11. The summed E-state index contributed by atoms with van der Waals surface area (Å²) in [5.41, 5.74) is 1.42. The SMILES string of the molecule is Brc1cccc(CN2CCCCC2)c1. The zero-order valence-corrected chi connectivity index (χ0v) is 9.96. The van der Waals surface area contributed by atoms with Crippen molar-refractivity contribution in [3.63, 3.8) is 0 Å². The molecule has 14 heavy (non-hydrogen) atoms. The third-order valence-electron chi connectivity index (χ3n) is 2.74. The summed E-state index contributed by atoms with van der Waals surface area (Å²) in [6.07, 6.45) is 4.15. The molecule has 1 aliphatic rings. The molecule has 0 spiro atoms. The first-order valence-electron chi connectivity index (χ1n) is 5.31. The fourth-order valence-electron chi connectivity index (χ4n) is 2.01. The van der Waals surface area contributed by atoms with Crippen LogP contribution < -0.4 is 0 Å². The number of piperidine rings is 1. The van der Waals surface area contributed by atoms with Gasteiger partial charge in [-0.25, -0.2) is 0 Å². The highest BCUT2D eigenvalue weighted by Crippen LogP contribution is 2.16. The predicted molar refractivity (Wildman–Crippen MR) is 63.3 cm³/mol. The fraction of sp³-hybridized carbons (Fsp3) is 0.500. The molecule has 0 aliphatic carbocycles. The summed E-state index contributed by atoms with van der Waals surface area (Å²) in [5.74, 6) is 0. The molecule has 0 aromatic heterocycles. The van der Waals surface area contributed by atoms with E-state index in [-0.39, 0.29) is 0 Å².